The molecule has 0 saturated carbocycles. The van der Waals surface area contributed by atoms with Crippen LogP contribution < -0.4 is 10.5 Å². The molecular formula is C20H23N5O. The number of anilines is 1. The first kappa shape index (κ1) is 16.8. The Balaban J connectivity index is 1.43. The van der Waals surface area contributed by atoms with Crippen LogP contribution in [0.1, 0.15) is 42.5 Å². The van der Waals surface area contributed by atoms with Gasteiger partial charge in [0.25, 0.3) is 5.56 Å². The molecule has 1 saturated heterocycles. The summed E-state index contributed by atoms with van der Waals surface area (Å²) in [4.78, 5) is 18.9. The van der Waals surface area contributed by atoms with Crippen molar-refractivity contribution in [1.29, 1.82) is 5.26 Å². The summed E-state index contributed by atoms with van der Waals surface area (Å²) >= 11 is 0. The van der Waals surface area contributed by atoms with E-state index in [9.17, 15) is 10.1 Å². The second-order valence-corrected chi connectivity index (χ2v) is 7.26. The molecule has 0 bridgehead atoms. The SMILES string of the molecule is N#Cc1cccnc1N1CCC(Cn2nc3c(cc2=O)CCCC3)CC1. The maximum Gasteiger partial charge on any atom is 0.267 e. The van der Waals surface area contributed by atoms with Gasteiger partial charge in [-0.2, -0.15) is 10.4 Å². The number of hydrogen-bond donors (Lipinski definition) is 0. The Bertz CT molecular complexity index is 890. The molecule has 0 amide bonds. The van der Waals surface area contributed by atoms with Crippen LogP contribution in [-0.4, -0.2) is 27.9 Å². The van der Waals surface area contributed by atoms with Gasteiger partial charge in [-0.1, -0.05) is 0 Å². The highest BCUT2D eigenvalue weighted by molar-refractivity contribution is 5.53. The number of rotatable bonds is 3. The Kier molecular flexibility index (Phi) is 4.70. The van der Waals surface area contributed by atoms with Crippen molar-refractivity contribution in [3.8, 4) is 6.07 Å². The number of nitriles is 1. The first-order valence-electron chi connectivity index (χ1n) is 9.44. The highest BCUT2D eigenvalue weighted by Gasteiger charge is 2.23. The van der Waals surface area contributed by atoms with Crippen LogP contribution in [0.3, 0.4) is 0 Å². The quantitative estimate of drug-likeness (QED) is 0.850. The summed E-state index contributed by atoms with van der Waals surface area (Å²) in [5.41, 5.74) is 2.91. The molecule has 0 aromatic carbocycles. The van der Waals surface area contributed by atoms with Gasteiger partial charge < -0.3 is 4.90 Å². The van der Waals surface area contributed by atoms with Crippen LogP contribution in [0.5, 0.6) is 0 Å². The number of pyridine rings is 1. The van der Waals surface area contributed by atoms with E-state index in [-0.39, 0.29) is 5.56 Å². The van der Waals surface area contributed by atoms with Gasteiger partial charge in [0.2, 0.25) is 0 Å². The predicted octanol–water partition coefficient (Wildman–Crippen LogP) is 2.31. The summed E-state index contributed by atoms with van der Waals surface area (Å²) in [6, 6.07) is 7.62. The zero-order chi connectivity index (χ0) is 17.9. The van der Waals surface area contributed by atoms with Crippen molar-refractivity contribution < 1.29 is 0 Å². The van der Waals surface area contributed by atoms with E-state index in [1.165, 1.54) is 6.42 Å². The Morgan fingerprint density at radius 3 is 2.85 bits per heavy atom. The molecule has 6 heteroatoms. The summed E-state index contributed by atoms with van der Waals surface area (Å²) in [7, 11) is 0. The predicted molar refractivity (Wildman–Crippen MR) is 99.0 cm³/mol. The normalized spacial score (nSPS) is 17.6. The lowest BCUT2D eigenvalue weighted by molar-refractivity contribution is 0.331. The topological polar surface area (TPSA) is 74.8 Å². The van der Waals surface area contributed by atoms with Gasteiger partial charge in [-0.3, -0.25) is 4.79 Å². The fourth-order valence-electron chi connectivity index (χ4n) is 4.04. The molecule has 2 aliphatic rings. The van der Waals surface area contributed by atoms with E-state index >= 15 is 0 Å². The smallest absolute Gasteiger partial charge is 0.267 e. The van der Waals surface area contributed by atoms with E-state index in [4.69, 9.17) is 0 Å². The van der Waals surface area contributed by atoms with Crippen molar-refractivity contribution >= 4 is 5.82 Å². The summed E-state index contributed by atoms with van der Waals surface area (Å²) in [5, 5.41) is 13.9. The molecule has 2 aromatic heterocycles. The summed E-state index contributed by atoms with van der Waals surface area (Å²) in [5.74, 6) is 1.21. The first-order valence-corrected chi connectivity index (χ1v) is 9.44. The zero-order valence-corrected chi connectivity index (χ0v) is 14.9. The molecule has 4 rings (SSSR count). The monoisotopic (exact) mass is 349 g/mol. The summed E-state index contributed by atoms with van der Waals surface area (Å²) in [6.45, 7) is 2.40. The average Bonchev–Trinajstić information content (AvgIpc) is 2.69. The molecule has 0 atom stereocenters. The standard InChI is InChI=1S/C20H23N5O/c21-13-17-5-3-9-22-20(17)24-10-7-15(8-11-24)14-25-19(26)12-16-4-1-2-6-18(16)23-25/h3,5,9,12,15H,1-2,4,6-8,10-11,14H2. The minimum atomic E-state index is 0.0320. The third-order valence-corrected chi connectivity index (χ3v) is 5.53. The van der Waals surface area contributed by atoms with Gasteiger partial charge in [0.15, 0.2) is 0 Å². The Hall–Kier alpha value is -2.68. The van der Waals surface area contributed by atoms with Crippen molar-refractivity contribution in [2.75, 3.05) is 18.0 Å². The molecule has 6 nitrogen and oxygen atoms in total. The number of fused-ring (bicyclic) bond motifs is 1. The van der Waals surface area contributed by atoms with Crippen molar-refractivity contribution in [3.05, 3.63) is 51.6 Å². The van der Waals surface area contributed by atoms with Crippen molar-refractivity contribution in [2.24, 2.45) is 5.92 Å². The van der Waals surface area contributed by atoms with Crippen LogP contribution in [0.2, 0.25) is 0 Å². The zero-order valence-electron chi connectivity index (χ0n) is 14.9. The van der Waals surface area contributed by atoms with Crippen molar-refractivity contribution in [1.82, 2.24) is 14.8 Å². The minimum Gasteiger partial charge on any atom is -0.356 e. The summed E-state index contributed by atoms with van der Waals surface area (Å²) in [6.07, 6.45) is 8.00. The molecular weight excluding hydrogens is 326 g/mol. The Labute approximate surface area is 153 Å². The second-order valence-electron chi connectivity index (χ2n) is 7.26. The molecule has 0 N–H and O–H groups in total. The van der Waals surface area contributed by atoms with Crippen LogP contribution in [0.25, 0.3) is 0 Å². The number of piperidine rings is 1. The number of hydrogen-bond acceptors (Lipinski definition) is 5. The van der Waals surface area contributed by atoms with Crippen LogP contribution in [0, 0.1) is 17.2 Å². The molecule has 0 unspecified atom stereocenters. The van der Waals surface area contributed by atoms with Gasteiger partial charge in [0, 0.05) is 31.9 Å². The molecule has 2 aromatic rings. The fourth-order valence-corrected chi connectivity index (χ4v) is 4.04. The van der Waals surface area contributed by atoms with Crippen LogP contribution in [-0.2, 0) is 19.4 Å². The van der Waals surface area contributed by atoms with Crippen LogP contribution in [0.4, 0.5) is 5.82 Å². The second kappa shape index (κ2) is 7.28. The maximum atomic E-state index is 12.4. The van der Waals surface area contributed by atoms with Gasteiger partial charge in [0.05, 0.1) is 11.3 Å². The Morgan fingerprint density at radius 1 is 1.23 bits per heavy atom. The molecule has 134 valence electrons. The van der Waals surface area contributed by atoms with E-state index in [0.717, 1.165) is 62.3 Å². The number of aryl methyl sites for hydroxylation is 2. The summed E-state index contributed by atoms with van der Waals surface area (Å²) < 4.78 is 1.67. The van der Waals surface area contributed by atoms with Crippen molar-refractivity contribution in [3.63, 3.8) is 0 Å². The largest absolute Gasteiger partial charge is 0.356 e. The minimum absolute atomic E-state index is 0.0320. The van der Waals surface area contributed by atoms with Gasteiger partial charge in [0.1, 0.15) is 11.9 Å². The van der Waals surface area contributed by atoms with E-state index in [2.05, 4.69) is 21.1 Å². The first-order chi connectivity index (χ1) is 12.7. The van der Waals surface area contributed by atoms with E-state index in [1.807, 2.05) is 6.07 Å². The maximum absolute atomic E-state index is 12.4. The van der Waals surface area contributed by atoms with Gasteiger partial charge >= 0.3 is 0 Å². The molecule has 1 aliphatic carbocycles. The lowest BCUT2D eigenvalue weighted by Gasteiger charge is -2.33. The Morgan fingerprint density at radius 2 is 2.04 bits per heavy atom. The van der Waals surface area contributed by atoms with E-state index < -0.39 is 0 Å². The van der Waals surface area contributed by atoms with Gasteiger partial charge in [-0.05, 0) is 62.1 Å². The third kappa shape index (κ3) is 3.34. The lowest BCUT2D eigenvalue weighted by Crippen LogP contribution is -2.38. The molecule has 3 heterocycles. The van der Waals surface area contributed by atoms with E-state index in [0.29, 0.717) is 18.0 Å². The highest BCUT2D eigenvalue weighted by atomic mass is 16.1. The number of aromatic nitrogens is 3. The third-order valence-electron chi connectivity index (χ3n) is 5.53. The van der Waals surface area contributed by atoms with Crippen LogP contribution >= 0.6 is 0 Å². The molecule has 0 radical (unpaired) electrons. The lowest BCUT2D eigenvalue weighted by atomic mass is 9.95. The molecule has 1 fully saturated rings. The van der Waals surface area contributed by atoms with E-state index in [1.54, 1.807) is 23.0 Å². The molecule has 1 aliphatic heterocycles. The van der Waals surface area contributed by atoms with Crippen LogP contribution in [0.15, 0.2) is 29.2 Å². The highest BCUT2D eigenvalue weighted by Crippen LogP contribution is 2.25. The van der Waals surface area contributed by atoms with Crippen molar-refractivity contribution in [2.45, 2.75) is 45.1 Å². The number of nitrogens with zero attached hydrogens (tertiary/aromatic N) is 5. The van der Waals surface area contributed by atoms with Gasteiger partial charge in [-0.25, -0.2) is 9.67 Å². The fraction of sp³-hybridized carbons (Fsp3) is 0.500. The average molecular weight is 349 g/mol. The molecule has 0 spiro atoms. The van der Waals surface area contributed by atoms with Gasteiger partial charge in [-0.15, -0.1) is 0 Å². The molecule has 26 heavy (non-hydrogen) atoms.